The number of hydrogen-bond acceptors (Lipinski definition) is 5. The molecule has 5 heteroatoms. The van der Waals surface area contributed by atoms with Gasteiger partial charge in [-0.15, -0.1) is 0 Å². The fraction of sp³-hybridized carbons (Fsp3) is 0.400. The number of nitrogens with one attached hydrogen (secondary N) is 1. The van der Waals surface area contributed by atoms with Crippen molar-refractivity contribution < 1.29 is 9.57 Å². The molecule has 2 aromatic carbocycles. The SMILES string of the molecule is C=CN(CCOCc1ccccc1)[C@@H]1CN[C@@H](C)CCO/N=C(/c2ccccc2)C1. The van der Waals surface area contributed by atoms with Gasteiger partial charge >= 0.3 is 0 Å². The first-order chi connectivity index (χ1) is 14.8. The molecule has 1 aliphatic heterocycles. The molecular weight excluding hydrogens is 374 g/mol. The van der Waals surface area contributed by atoms with Crippen molar-refractivity contribution >= 4 is 5.71 Å². The first-order valence-electron chi connectivity index (χ1n) is 10.7. The van der Waals surface area contributed by atoms with Crippen LogP contribution < -0.4 is 5.32 Å². The van der Waals surface area contributed by atoms with Gasteiger partial charge in [-0.3, -0.25) is 0 Å². The van der Waals surface area contributed by atoms with Crippen LogP contribution in [-0.4, -0.2) is 49.0 Å². The summed E-state index contributed by atoms with van der Waals surface area (Å²) in [6.45, 7) is 9.76. The largest absolute Gasteiger partial charge is 0.396 e. The average molecular weight is 408 g/mol. The maximum absolute atomic E-state index is 5.91. The summed E-state index contributed by atoms with van der Waals surface area (Å²) in [6, 6.07) is 21.1. The van der Waals surface area contributed by atoms with Crippen molar-refractivity contribution in [2.24, 2.45) is 5.16 Å². The lowest BCUT2D eigenvalue weighted by atomic mass is 10.0. The van der Waals surface area contributed by atoms with E-state index in [2.05, 4.69) is 53.1 Å². The van der Waals surface area contributed by atoms with Gasteiger partial charge in [-0.25, -0.2) is 0 Å². The molecule has 0 amide bonds. The van der Waals surface area contributed by atoms with Gasteiger partial charge in [-0.2, -0.15) is 0 Å². The standard InChI is InChI=1S/C25H33N3O2/c1-3-28(15-17-29-20-22-10-6-4-7-11-22)24-18-25(23-12-8-5-9-13-23)27-30-16-14-21(2)26-19-24/h3-13,21,24,26H,1,14-20H2,2H3/b27-25+/t21-,24-/m0/s1. The summed E-state index contributed by atoms with van der Waals surface area (Å²) < 4.78 is 5.91. The van der Waals surface area contributed by atoms with Gasteiger partial charge in [0.05, 0.1) is 18.9 Å². The molecular formula is C25H33N3O2. The third-order valence-electron chi connectivity index (χ3n) is 5.36. The van der Waals surface area contributed by atoms with Crippen LogP contribution in [0.4, 0.5) is 0 Å². The summed E-state index contributed by atoms with van der Waals surface area (Å²) in [6.07, 6.45) is 3.61. The first kappa shape index (κ1) is 22.1. The molecule has 30 heavy (non-hydrogen) atoms. The van der Waals surface area contributed by atoms with Gasteiger partial charge in [-0.1, -0.05) is 72.4 Å². The van der Waals surface area contributed by atoms with E-state index in [0.717, 1.165) is 37.2 Å². The van der Waals surface area contributed by atoms with Crippen LogP contribution in [0.2, 0.25) is 0 Å². The van der Waals surface area contributed by atoms with E-state index < -0.39 is 0 Å². The Morgan fingerprint density at radius 3 is 2.63 bits per heavy atom. The van der Waals surface area contributed by atoms with Crippen LogP contribution in [0.5, 0.6) is 0 Å². The molecule has 0 unspecified atom stereocenters. The summed E-state index contributed by atoms with van der Waals surface area (Å²) >= 11 is 0. The van der Waals surface area contributed by atoms with E-state index in [-0.39, 0.29) is 6.04 Å². The molecule has 0 aromatic heterocycles. The van der Waals surface area contributed by atoms with Crippen molar-refractivity contribution in [3.05, 3.63) is 84.6 Å². The van der Waals surface area contributed by atoms with Crippen molar-refractivity contribution in [3.63, 3.8) is 0 Å². The number of ether oxygens (including phenoxy) is 1. The van der Waals surface area contributed by atoms with Crippen molar-refractivity contribution in [1.82, 2.24) is 10.2 Å². The highest BCUT2D eigenvalue weighted by Gasteiger charge is 2.21. The molecule has 1 aliphatic rings. The maximum atomic E-state index is 5.91. The van der Waals surface area contributed by atoms with Crippen LogP contribution in [-0.2, 0) is 16.2 Å². The summed E-state index contributed by atoms with van der Waals surface area (Å²) in [5.41, 5.74) is 3.25. The van der Waals surface area contributed by atoms with Crippen LogP contribution in [0.1, 0.15) is 30.9 Å². The van der Waals surface area contributed by atoms with Gasteiger partial charge in [0.15, 0.2) is 0 Å². The summed E-state index contributed by atoms with van der Waals surface area (Å²) in [7, 11) is 0. The Hall–Kier alpha value is -2.63. The van der Waals surface area contributed by atoms with E-state index in [4.69, 9.17) is 9.57 Å². The quantitative estimate of drug-likeness (QED) is 0.666. The van der Waals surface area contributed by atoms with Gasteiger partial charge in [-0.05, 0) is 30.7 Å². The smallest absolute Gasteiger partial charge is 0.118 e. The Bertz CT molecular complexity index is 779. The normalized spacial score (nSPS) is 21.7. The van der Waals surface area contributed by atoms with E-state index in [1.165, 1.54) is 5.56 Å². The predicted molar refractivity (Wildman–Crippen MR) is 122 cm³/mol. The van der Waals surface area contributed by atoms with E-state index in [0.29, 0.717) is 25.9 Å². The van der Waals surface area contributed by atoms with Crippen molar-refractivity contribution in [2.45, 2.75) is 38.5 Å². The van der Waals surface area contributed by atoms with Crippen LogP contribution in [0.25, 0.3) is 0 Å². The molecule has 3 rings (SSSR count). The molecule has 160 valence electrons. The van der Waals surface area contributed by atoms with E-state index >= 15 is 0 Å². The molecule has 1 N–H and O–H groups in total. The zero-order chi connectivity index (χ0) is 21.0. The molecule has 0 bridgehead atoms. The summed E-state index contributed by atoms with van der Waals surface area (Å²) in [5, 5.41) is 8.13. The van der Waals surface area contributed by atoms with E-state index in [1.54, 1.807) is 0 Å². The molecule has 0 aliphatic carbocycles. The predicted octanol–water partition coefficient (Wildman–Crippen LogP) is 4.21. The van der Waals surface area contributed by atoms with Crippen LogP contribution >= 0.6 is 0 Å². The minimum absolute atomic E-state index is 0.214. The number of benzene rings is 2. The highest BCUT2D eigenvalue weighted by atomic mass is 16.6. The molecule has 2 atom stereocenters. The minimum Gasteiger partial charge on any atom is -0.396 e. The fourth-order valence-electron chi connectivity index (χ4n) is 3.52. The monoisotopic (exact) mass is 407 g/mol. The second kappa shape index (κ2) is 12.2. The van der Waals surface area contributed by atoms with E-state index in [9.17, 15) is 0 Å². The summed E-state index contributed by atoms with van der Waals surface area (Å²) in [5.74, 6) is 0. The molecule has 5 nitrogen and oxygen atoms in total. The Balaban J connectivity index is 1.64. The third kappa shape index (κ3) is 7.01. The number of rotatable bonds is 8. The second-order valence-electron chi connectivity index (χ2n) is 7.65. The number of hydrogen-bond donors (Lipinski definition) is 1. The van der Waals surface area contributed by atoms with Crippen LogP contribution in [0.15, 0.2) is 78.6 Å². The molecule has 1 heterocycles. The molecule has 0 saturated carbocycles. The van der Waals surface area contributed by atoms with Crippen molar-refractivity contribution in [3.8, 4) is 0 Å². The van der Waals surface area contributed by atoms with Gasteiger partial charge in [0.25, 0.3) is 0 Å². The van der Waals surface area contributed by atoms with Gasteiger partial charge in [0, 0.05) is 31.6 Å². The van der Waals surface area contributed by atoms with Crippen molar-refractivity contribution in [1.29, 1.82) is 0 Å². The third-order valence-corrected chi connectivity index (χ3v) is 5.36. The zero-order valence-electron chi connectivity index (χ0n) is 17.9. The van der Waals surface area contributed by atoms with Gasteiger partial charge in [0.1, 0.15) is 6.61 Å². The topological polar surface area (TPSA) is 46.1 Å². The highest BCUT2D eigenvalue weighted by molar-refractivity contribution is 6.00. The number of oxime groups is 1. The Kier molecular flexibility index (Phi) is 8.94. The lowest BCUT2D eigenvalue weighted by Gasteiger charge is -2.32. The lowest BCUT2D eigenvalue weighted by molar-refractivity contribution is 0.0925. The Morgan fingerprint density at radius 2 is 1.90 bits per heavy atom. The van der Waals surface area contributed by atoms with Crippen LogP contribution in [0, 0.1) is 0 Å². The Morgan fingerprint density at radius 1 is 1.17 bits per heavy atom. The zero-order valence-corrected chi connectivity index (χ0v) is 17.9. The average Bonchev–Trinajstić information content (AvgIpc) is 2.80. The Labute approximate surface area is 180 Å². The maximum Gasteiger partial charge on any atom is 0.118 e. The molecule has 0 fully saturated rings. The number of nitrogens with zero attached hydrogens (tertiary/aromatic N) is 2. The van der Waals surface area contributed by atoms with E-state index in [1.807, 2.05) is 42.6 Å². The molecule has 0 spiro atoms. The lowest BCUT2D eigenvalue weighted by Crippen LogP contribution is -2.45. The first-order valence-corrected chi connectivity index (χ1v) is 10.7. The van der Waals surface area contributed by atoms with Gasteiger partial charge < -0.3 is 19.8 Å². The minimum atomic E-state index is 0.214. The van der Waals surface area contributed by atoms with Gasteiger partial charge in [0.2, 0.25) is 0 Å². The second-order valence-corrected chi connectivity index (χ2v) is 7.65. The summed E-state index contributed by atoms with van der Waals surface area (Å²) in [4.78, 5) is 7.89. The van der Waals surface area contributed by atoms with Crippen molar-refractivity contribution in [2.75, 3.05) is 26.3 Å². The molecule has 0 radical (unpaired) electrons. The van der Waals surface area contributed by atoms with Crippen LogP contribution in [0.3, 0.4) is 0 Å². The fourth-order valence-corrected chi connectivity index (χ4v) is 3.52. The highest BCUT2D eigenvalue weighted by Crippen LogP contribution is 2.14. The molecule has 0 saturated heterocycles. The molecule has 2 aromatic rings.